The van der Waals surface area contributed by atoms with E-state index in [9.17, 15) is 13.6 Å². The summed E-state index contributed by atoms with van der Waals surface area (Å²) in [5.74, 6) is -2.54. The number of nitrogens with zero attached hydrogens (tertiary/aromatic N) is 4. The van der Waals surface area contributed by atoms with Crippen molar-refractivity contribution in [3.8, 4) is 11.1 Å². The Bertz CT molecular complexity index is 1330. The third-order valence-electron chi connectivity index (χ3n) is 6.42. The topological polar surface area (TPSA) is 101 Å². The fraction of sp³-hybridized carbons (Fsp3) is 0.360. The van der Waals surface area contributed by atoms with Gasteiger partial charge in [0.1, 0.15) is 5.65 Å². The Morgan fingerprint density at radius 3 is 2.60 bits per heavy atom. The van der Waals surface area contributed by atoms with Crippen molar-refractivity contribution in [3.05, 3.63) is 54.9 Å². The van der Waals surface area contributed by atoms with Gasteiger partial charge in [0.05, 0.1) is 23.8 Å². The molecule has 1 aliphatic carbocycles. The summed E-state index contributed by atoms with van der Waals surface area (Å²) < 4.78 is 28.7. The van der Waals surface area contributed by atoms with Crippen LogP contribution in [0.5, 0.6) is 0 Å². The summed E-state index contributed by atoms with van der Waals surface area (Å²) in [6, 6.07) is 5.33. The van der Waals surface area contributed by atoms with Crippen molar-refractivity contribution in [1.29, 1.82) is 0 Å². The number of amides is 2. The summed E-state index contributed by atoms with van der Waals surface area (Å²) in [6.07, 6.45) is 9.41. The average Bonchev–Trinajstić information content (AvgIpc) is 3.47. The summed E-state index contributed by atoms with van der Waals surface area (Å²) in [6.45, 7) is 4.12. The number of nitrogens with one attached hydrogen (secondary N) is 3. The molecule has 3 N–H and O–H groups in total. The van der Waals surface area contributed by atoms with Crippen LogP contribution in [0.15, 0.2) is 49.2 Å². The molecule has 4 aromatic heterocycles. The zero-order chi connectivity index (χ0) is 24.6. The SMILES string of the molecule is CC(C)n1cc(-c2cnc3[nH]cc(NC(=O)Nc4ccc(C5CCC(F)(F)CC5)nc4)c3c2)cn1. The molecule has 8 nitrogen and oxygen atoms in total. The van der Waals surface area contributed by atoms with Gasteiger partial charge in [-0.05, 0) is 44.9 Å². The lowest BCUT2D eigenvalue weighted by Gasteiger charge is -2.27. The van der Waals surface area contributed by atoms with Gasteiger partial charge in [-0.3, -0.25) is 9.67 Å². The van der Waals surface area contributed by atoms with Crippen LogP contribution in [-0.2, 0) is 0 Å². The number of fused-ring (bicyclic) bond motifs is 1. The second kappa shape index (κ2) is 9.09. The number of hydrogen-bond donors (Lipinski definition) is 3. The lowest BCUT2D eigenvalue weighted by molar-refractivity contribution is -0.0384. The van der Waals surface area contributed by atoms with Crippen LogP contribution in [0.3, 0.4) is 0 Å². The van der Waals surface area contributed by atoms with Gasteiger partial charge >= 0.3 is 6.03 Å². The van der Waals surface area contributed by atoms with Crippen molar-refractivity contribution < 1.29 is 13.6 Å². The van der Waals surface area contributed by atoms with Crippen LogP contribution in [0.1, 0.15) is 57.2 Å². The maximum Gasteiger partial charge on any atom is 0.323 e. The summed E-state index contributed by atoms with van der Waals surface area (Å²) >= 11 is 0. The van der Waals surface area contributed by atoms with Crippen LogP contribution < -0.4 is 10.6 Å². The number of H-pyrrole nitrogens is 1. The van der Waals surface area contributed by atoms with Gasteiger partial charge in [-0.15, -0.1) is 0 Å². The molecular formula is C25H27F2N7O. The Kier molecular flexibility index (Phi) is 5.96. The molecule has 1 saturated carbocycles. The minimum atomic E-state index is -2.56. The van der Waals surface area contributed by atoms with Crippen molar-refractivity contribution in [2.45, 2.75) is 57.4 Å². The number of rotatable bonds is 5. The van der Waals surface area contributed by atoms with Gasteiger partial charge in [-0.25, -0.2) is 18.6 Å². The molecule has 1 fully saturated rings. The van der Waals surface area contributed by atoms with Crippen molar-refractivity contribution in [2.24, 2.45) is 0 Å². The number of carbonyl (C=O) groups excluding carboxylic acids is 1. The highest BCUT2D eigenvalue weighted by Gasteiger charge is 2.35. The van der Waals surface area contributed by atoms with Crippen LogP contribution in [0.4, 0.5) is 25.0 Å². The van der Waals surface area contributed by atoms with E-state index < -0.39 is 12.0 Å². The lowest BCUT2D eigenvalue weighted by atomic mass is 9.84. The van der Waals surface area contributed by atoms with Gasteiger partial charge in [-0.2, -0.15) is 5.10 Å². The molecule has 35 heavy (non-hydrogen) atoms. The number of anilines is 2. The smallest absolute Gasteiger partial charge is 0.323 e. The maximum absolute atomic E-state index is 13.4. The highest BCUT2D eigenvalue weighted by atomic mass is 19.3. The molecule has 0 aliphatic heterocycles. The van der Waals surface area contributed by atoms with E-state index in [0.29, 0.717) is 29.9 Å². The Morgan fingerprint density at radius 1 is 1.11 bits per heavy atom. The largest absolute Gasteiger partial charge is 0.344 e. The summed E-state index contributed by atoms with van der Waals surface area (Å²) in [4.78, 5) is 24.6. The molecule has 4 heterocycles. The van der Waals surface area contributed by atoms with E-state index in [4.69, 9.17) is 0 Å². The molecule has 4 aromatic rings. The van der Waals surface area contributed by atoms with Crippen LogP contribution in [0.2, 0.25) is 0 Å². The molecule has 0 saturated heterocycles. The highest BCUT2D eigenvalue weighted by molar-refractivity contribution is 6.05. The fourth-order valence-electron chi connectivity index (χ4n) is 4.38. The summed E-state index contributed by atoms with van der Waals surface area (Å²) in [5, 5.41) is 10.8. The van der Waals surface area contributed by atoms with Crippen LogP contribution in [0, 0.1) is 0 Å². The quantitative estimate of drug-likeness (QED) is 0.311. The standard InChI is InChI=1S/C25H27F2N7O/c1-15(2)34-14-18(11-31-34)17-9-20-22(13-30-23(20)29-10-17)33-24(35)32-19-3-4-21(28-12-19)16-5-7-25(26,27)8-6-16/h3-4,9-16H,5-8H2,1-2H3,(H,29,30)(H2,32,33,35). The third-order valence-corrected chi connectivity index (χ3v) is 6.42. The second-order valence-electron chi connectivity index (χ2n) is 9.31. The first-order chi connectivity index (χ1) is 16.8. The van der Waals surface area contributed by atoms with E-state index >= 15 is 0 Å². The minimum Gasteiger partial charge on any atom is -0.344 e. The molecule has 0 spiro atoms. The average molecular weight is 480 g/mol. The molecule has 0 atom stereocenters. The Hall–Kier alpha value is -3.82. The zero-order valence-corrected chi connectivity index (χ0v) is 19.6. The van der Waals surface area contributed by atoms with Crippen molar-refractivity contribution >= 4 is 28.4 Å². The molecule has 10 heteroatoms. The van der Waals surface area contributed by atoms with E-state index in [-0.39, 0.29) is 24.8 Å². The van der Waals surface area contributed by atoms with Crippen LogP contribution in [-0.4, -0.2) is 36.7 Å². The predicted octanol–water partition coefficient (Wildman–Crippen LogP) is 6.34. The highest BCUT2D eigenvalue weighted by Crippen LogP contribution is 2.40. The van der Waals surface area contributed by atoms with Gasteiger partial charge in [0.15, 0.2) is 0 Å². The first kappa shape index (κ1) is 22.9. The molecule has 1 aliphatic rings. The number of halogens is 2. The van der Waals surface area contributed by atoms with E-state index in [1.54, 1.807) is 36.9 Å². The molecule has 182 valence electrons. The monoisotopic (exact) mass is 479 g/mol. The summed E-state index contributed by atoms with van der Waals surface area (Å²) in [7, 11) is 0. The fourth-order valence-corrected chi connectivity index (χ4v) is 4.38. The second-order valence-corrected chi connectivity index (χ2v) is 9.31. The third kappa shape index (κ3) is 5.01. The van der Waals surface area contributed by atoms with Gasteiger partial charge in [0.2, 0.25) is 5.92 Å². The minimum absolute atomic E-state index is 0.0260. The van der Waals surface area contributed by atoms with E-state index in [1.165, 1.54) is 0 Å². The van der Waals surface area contributed by atoms with Crippen molar-refractivity contribution in [3.63, 3.8) is 0 Å². The van der Waals surface area contributed by atoms with E-state index in [2.05, 4.69) is 44.5 Å². The van der Waals surface area contributed by atoms with Gasteiger partial charge < -0.3 is 15.6 Å². The predicted molar refractivity (Wildman–Crippen MR) is 131 cm³/mol. The Morgan fingerprint density at radius 2 is 1.91 bits per heavy atom. The van der Waals surface area contributed by atoms with Crippen LogP contribution in [0.25, 0.3) is 22.2 Å². The number of alkyl halides is 2. The van der Waals surface area contributed by atoms with Crippen molar-refractivity contribution in [2.75, 3.05) is 10.6 Å². The molecule has 0 unspecified atom stereocenters. The molecule has 0 radical (unpaired) electrons. The molecule has 2 amide bonds. The number of urea groups is 1. The number of pyridine rings is 2. The van der Waals surface area contributed by atoms with Gasteiger partial charge in [-0.1, -0.05) is 0 Å². The van der Waals surface area contributed by atoms with E-state index in [1.807, 2.05) is 16.9 Å². The number of carbonyl (C=O) groups is 1. The van der Waals surface area contributed by atoms with Crippen LogP contribution >= 0.6 is 0 Å². The zero-order valence-electron chi connectivity index (χ0n) is 19.6. The Balaban J connectivity index is 1.25. The molecule has 0 aromatic carbocycles. The van der Waals surface area contributed by atoms with Gasteiger partial charge in [0, 0.05) is 65.6 Å². The normalized spacial score (nSPS) is 16.0. The maximum atomic E-state index is 13.4. The Labute approximate surface area is 201 Å². The summed E-state index contributed by atoms with van der Waals surface area (Å²) in [5.41, 5.74) is 4.39. The first-order valence-corrected chi connectivity index (χ1v) is 11.7. The number of hydrogen-bond acceptors (Lipinski definition) is 4. The molecule has 5 rings (SSSR count). The lowest BCUT2D eigenvalue weighted by Crippen LogP contribution is -2.24. The molecular weight excluding hydrogens is 452 g/mol. The first-order valence-electron chi connectivity index (χ1n) is 11.7. The number of aromatic nitrogens is 5. The molecule has 0 bridgehead atoms. The van der Waals surface area contributed by atoms with Crippen molar-refractivity contribution in [1.82, 2.24) is 24.7 Å². The van der Waals surface area contributed by atoms with E-state index in [0.717, 1.165) is 22.2 Å². The van der Waals surface area contributed by atoms with Gasteiger partial charge in [0.25, 0.3) is 0 Å². The number of aromatic amines is 1.